The van der Waals surface area contributed by atoms with Crippen LogP contribution in [0.4, 0.5) is 17.1 Å². The summed E-state index contributed by atoms with van der Waals surface area (Å²) in [5, 5.41) is 25.3. The number of carboxylic acids is 1. The van der Waals surface area contributed by atoms with Gasteiger partial charge in [0.05, 0.1) is 50.0 Å². The van der Waals surface area contributed by atoms with Crippen LogP contribution < -0.4 is 10.2 Å². The van der Waals surface area contributed by atoms with E-state index >= 15 is 0 Å². The van der Waals surface area contributed by atoms with Crippen molar-refractivity contribution < 1.29 is 19.6 Å². The van der Waals surface area contributed by atoms with Crippen LogP contribution in [0.15, 0.2) is 64.4 Å². The number of nitrogens with one attached hydrogen (secondary N) is 1. The highest BCUT2D eigenvalue weighted by atomic mass is 35.5. The molecular formula is C24H21Cl2N3O5S. The van der Waals surface area contributed by atoms with Gasteiger partial charge in [-0.05, 0) is 48.0 Å². The van der Waals surface area contributed by atoms with Gasteiger partial charge in [0.1, 0.15) is 0 Å². The number of halogens is 2. The van der Waals surface area contributed by atoms with Gasteiger partial charge in [-0.25, -0.2) is 4.79 Å². The van der Waals surface area contributed by atoms with Gasteiger partial charge in [0.15, 0.2) is 0 Å². The summed E-state index contributed by atoms with van der Waals surface area (Å²) in [6.45, 7) is 2.83. The van der Waals surface area contributed by atoms with E-state index in [0.717, 1.165) is 10.6 Å². The van der Waals surface area contributed by atoms with Gasteiger partial charge in [-0.3, -0.25) is 10.1 Å². The fourth-order valence-electron chi connectivity index (χ4n) is 3.66. The van der Waals surface area contributed by atoms with Crippen LogP contribution in [0.1, 0.15) is 15.9 Å². The van der Waals surface area contributed by atoms with Crippen LogP contribution in [-0.2, 0) is 11.3 Å². The third kappa shape index (κ3) is 6.18. The van der Waals surface area contributed by atoms with Gasteiger partial charge in [0.25, 0.3) is 5.69 Å². The summed E-state index contributed by atoms with van der Waals surface area (Å²) in [4.78, 5) is 26.2. The van der Waals surface area contributed by atoms with Crippen molar-refractivity contribution in [1.82, 2.24) is 0 Å². The Hall–Kier alpha value is -2.98. The molecule has 1 fully saturated rings. The number of hydrogen-bond donors (Lipinski definition) is 2. The second-order valence-corrected chi connectivity index (χ2v) is 9.66. The molecule has 0 saturated carbocycles. The van der Waals surface area contributed by atoms with Crippen LogP contribution in [-0.4, -0.2) is 42.3 Å². The highest BCUT2D eigenvalue weighted by Gasteiger charge is 2.19. The summed E-state index contributed by atoms with van der Waals surface area (Å²) in [7, 11) is 0. The molecule has 0 bridgehead atoms. The van der Waals surface area contributed by atoms with E-state index in [1.165, 1.54) is 17.8 Å². The molecule has 0 spiro atoms. The van der Waals surface area contributed by atoms with Gasteiger partial charge in [-0.2, -0.15) is 0 Å². The third-order valence-electron chi connectivity index (χ3n) is 5.42. The van der Waals surface area contributed by atoms with E-state index in [2.05, 4.69) is 10.2 Å². The van der Waals surface area contributed by atoms with Crippen LogP contribution in [0.25, 0.3) is 0 Å². The number of nitro benzene ring substituents is 1. The molecule has 1 heterocycles. The zero-order valence-corrected chi connectivity index (χ0v) is 20.7. The summed E-state index contributed by atoms with van der Waals surface area (Å²) in [6.07, 6.45) is 0. The van der Waals surface area contributed by atoms with Crippen molar-refractivity contribution in [3.8, 4) is 0 Å². The van der Waals surface area contributed by atoms with Crippen LogP contribution in [0.5, 0.6) is 0 Å². The predicted molar refractivity (Wildman–Crippen MR) is 137 cm³/mol. The molecule has 1 aliphatic heterocycles. The zero-order chi connectivity index (χ0) is 24.9. The Morgan fingerprint density at radius 1 is 1.09 bits per heavy atom. The molecule has 11 heteroatoms. The first-order chi connectivity index (χ1) is 16.8. The van der Waals surface area contributed by atoms with Gasteiger partial charge in [0.2, 0.25) is 0 Å². The Kier molecular flexibility index (Phi) is 8.02. The first kappa shape index (κ1) is 25.1. The van der Waals surface area contributed by atoms with Crippen LogP contribution in [0.2, 0.25) is 10.0 Å². The Morgan fingerprint density at radius 2 is 1.86 bits per heavy atom. The van der Waals surface area contributed by atoms with Crippen molar-refractivity contribution in [2.24, 2.45) is 0 Å². The van der Waals surface area contributed by atoms with E-state index in [4.69, 9.17) is 27.9 Å². The van der Waals surface area contributed by atoms with E-state index in [1.807, 2.05) is 0 Å². The number of anilines is 2. The quantitative estimate of drug-likeness (QED) is 0.260. The lowest BCUT2D eigenvalue weighted by atomic mass is 10.1. The minimum atomic E-state index is -1.03. The first-order valence-corrected chi connectivity index (χ1v) is 12.2. The van der Waals surface area contributed by atoms with Crippen LogP contribution in [0, 0.1) is 10.1 Å². The van der Waals surface area contributed by atoms with E-state index in [-0.39, 0.29) is 17.8 Å². The summed E-state index contributed by atoms with van der Waals surface area (Å²) in [6, 6.07) is 15.0. The zero-order valence-electron chi connectivity index (χ0n) is 18.4. The highest BCUT2D eigenvalue weighted by Crippen LogP contribution is 2.38. The molecule has 0 amide bonds. The van der Waals surface area contributed by atoms with Gasteiger partial charge in [-0.1, -0.05) is 41.0 Å². The minimum absolute atomic E-state index is 0.0342. The van der Waals surface area contributed by atoms with Gasteiger partial charge < -0.3 is 20.1 Å². The molecule has 0 unspecified atom stereocenters. The number of carboxylic acid groups (broad SMARTS) is 1. The Morgan fingerprint density at radius 3 is 2.54 bits per heavy atom. The normalized spacial score (nSPS) is 13.5. The number of benzene rings is 3. The number of nitrogens with zero attached hydrogens (tertiary/aromatic N) is 2. The molecule has 182 valence electrons. The fraction of sp³-hybridized carbons (Fsp3) is 0.208. The molecule has 2 N–H and O–H groups in total. The summed E-state index contributed by atoms with van der Waals surface area (Å²) >= 11 is 13.3. The maximum Gasteiger partial charge on any atom is 0.335 e. The van der Waals surface area contributed by atoms with Gasteiger partial charge >= 0.3 is 5.97 Å². The average Bonchev–Trinajstić information content (AvgIpc) is 2.85. The lowest BCUT2D eigenvalue weighted by Gasteiger charge is -2.31. The average molecular weight is 534 g/mol. The molecule has 4 rings (SSSR count). The minimum Gasteiger partial charge on any atom is -0.478 e. The van der Waals surface area contributed by atoms with E-state index < -0.39 is 10.9 Å². The monoisotopic (exact) mass is 533 g/mol. The van der Waals surface area contributed by atoms with E-state index in [9.17, 15) is 20.0 Å². The van der Waals surface area contributed by atoms with E-state index in [0.29, 0.717) is 52.5 Å². The maximum absolute atomic E-state index is 11.8. The molecule has 0 aliphatic carbocycles. The van der Waals surface area contributed by atoms with Crippen molar-refractivity contribution in [1.29, 1.82) is 0 Å². The Labute approximate surface area is 215 Å². The van der Waals surface area contributed by atoms with Crippen molar-refractivity contribution in [3.05, 3.63) is 85.9 Å². The van der Waals surface area contributed by atoms with Crippen LogP contribution in [0.3, 0.4) is 0 Å². The molecule has 1 aliphatic rings. The smallest absolute Gasteiger partial charge is 0.335 e. The van der Waals surface area contributed by atoms with Crippen molar-refractivity contribution >= 4 is 58.0 Å². The molecule has 0 aromatic heterocycles. The van der Waals surface area contributed by atoms with E-state index in [1.54, 1.807) is 48.5 Å². The fourth-order valence-corrected chi connectivity index (χ4v) is 4.96. The number of hydrogen-bond acceptors (Lipinski definition) is 7. The first-order valence-electron chi connectivity index (χ1n) is 10.7. The van der Waals surface area contributed by atoms with Crippen molar-refractivity contribution in [3.63, 3.8) is 0 Å². The molecule has 3 aromatic rings. The number of rotatable bonds is 8. The number of carbonyl (C=O) groups is 1. The second-order valence-electron chi connectivity index (χ2n) is 7.73. The standard InChI is InChI=1S/C24H21Cl2N3O5S/c25-18-4-3-17(13-19(18)26)35-23-6-1-15(11-22(23)29(32)33)14-27-20-12-16(24(30)31)2-5-21(20)28-7-9-34-10-8-28/h1-6,11-13,27H,7-10,14H2,(H,30,31). The van der Waals surface area contributed by atoms with Gasteiger partial charge in [0, 0.05) is 30.6 Å². The van der Waals surface area contributed by atoms with Crippen LogP contribution >= 0.6 is 35.0 Å². The lowest BCUT2D eigenvalue weighted by Crippen LogP contribution is -2.36. The van der Waals surface area contributed by atoms with Crippen molar-refractivity contribution in [2.75, 3.05) is 36.5 Å². The Bertz CT molecular complexity index is 1270. The van der Waals surface area contributed by atoms with Crippen molar-refractivity contribution in [2.45, 2.75) is 16.3 Å². The Balaban J connectivity index is 1.57. The predicted octanol–water partition coefficient (Wildman–Crippen LogP) is 6.20. The molecule has 0 atom stereocenters. The second kappa shape index (κ2) is 11.2. The molecule has 3 aromatic carbocycles. The number of aromatic carboxylic acids is 1. The largest absolute Gasteiger partial charge is 0.478 e. The molecule has 8 nitrogen and oxygen atoms in total. The highest BCUT2D eigenvalue weighted by molar-refractivity contribution is 7.99. The number of ether oxygens (including phenoxy) is 1. The lowest BCUT2D eigenvalue weighted by molar-refractivity contribution is -0.387. The molecular weight excluding hydrogens is 513 g/mol. The number of nitro groups is 1. The summed E-state index contributed by atoms with van der Waals surface area (Å²) < 4.78 is 5.42. The molecule has 0 radical (unpaired) electrons. The van der Waals surface area contributed by atoms with Gasteiger partial charge in [-0.15, -0.1) is 0 Å². The molecule has 1 saturated heterocycles. The summed E-state index contributed by atoms with van der Waals surface area (Å²) in [5.74, 6) is -1.03. The maximum atomic E-state index is 11.8. The number of morpholine rings is 1. The topological polar surface area (TPSA) is 105 Å². The molecule has 35 heavy (non-hydrogen) atoms. The SMILES string of the molecule is O=C(O)c1ccc(N2CCOCC2)c(NCc2ccc(Sc3ccc(Cl)c(Cl)c3)c([N+](=O)[O-])c2)c1. The third-order valence-corrected chi connectivity index (χ3v) is 7.21. The summed E-state index contributed by atoms with van der Waals surface area (Å²) in [5.41, 5.74) is 2.31.